The molecule has 0 saturated carbocycles. The van der Waals surface area contributed by atoms with E-state index in [0.717, 1.165) is 15.4 Å². The average molecular weight is 472 g/mol. The van der Waals surface area contributed by atoms with Crippen LogP contribution in [-0.4, -0.2) is 21.4 Å². The molecular weight excluding hydrogens is 446 g/mol. The molecule has 32 heavy (non-hydrogen) atoms. The van der Waals surface area contributed by atoms with E-state index in [9.17, 15) is 13.2 Å². The molecule has 0 aliphatic carbocycles. The number of anilines is 1. The molecule has 3 aromatic rings. The lowest BCUT2D eigenvalue weighted by molar-refractivity contribution is 0.101. The van der Waals surface area contributed by atoms with Gasteiger partial charge in [0.25, 0.3) is 15.9 Å². The summed E-state index contributed by atoms with van der Waals surface area (Å²) in [6, 6.07) is 17.8. The van der Waals surface area contributed by atoms with Crippen LogP contribution in [0.1, 0.15) is 42.3 Å². The van der Waals surface area contributed by atoms with Gasteiger partial charge < -0.3 is 4.74 Å². The molecule has 0 atom stereocenters. The van der Waals surface area contributed by atoms with Crippen molar-refractivity contribution >= 4 is 33.2 Å². The van der Waals surface area contributed by atoms with Crippen LogP contribution in [0.4, 0.5) is 5.69 Å². The van der Waals surface area contributed by atoms with Crippen LogP contribution in [0, 0.1) is 6.92 Å². The number of carbonyl (C=O) groups excluding carboxylic acids is 1. The van der Waals surface area contributed by atoms with Gasteiger partial charge in [-0.15, -0.1) is 0 Å². The first-order valence-corrected chi connectivity index (χ1v) is 11.9. The minimum absolute atomic E-state index is 0.00898. The molecule has 0 aliphatic heterocycles. The Morgan fingerprint density at radius 3 is 2.03 bits per heavy atom. The van der Waals surface area contributed by atoms with Crippen LogP contribution in [-0.2, 0) is 15.4 Å². The van der Waals surface area contributed by atoms with Crippen molar-refractivity contribution in [2.24, 2.45) is 0 Å². The summed E-state index contributed by atoms with van der Waals surface area (Å²) in [5, 5.41) is 0.199. The summed E-state index contributed by atoms with van der Waals surface area (Å²) in [5.74, 6) is -0.294. The molecule has 7 heteroatoms. The van der Waals surface area contributed by atoms with Crippen LogP contribution < -0.4 is 9.04 Å². The fraction of sp³-hybridized carbons (Fsp3) is 0.240. The molecule has 0 saturated heterocycles. The Morgan fingerprint density at radius 2 is 1.53 bits per heavy atom. The predicted molar refractivity (Wildman–Crippen MR) is 128 cm³/mol. The number of ether oxygens (including phenoxy) is 1. The lowest BCUT2D eigenvalue weighted by Gasteiger charge is -2.24. The van der Waals surface area contributed by atoms with Crippen molar-refractivity contribution in [2.45, 2.75) is 38.0 Å². The smallest absolute Gasteiger partial charge is 0.272 e. The topological polar surface area (TPSA) is 63.7 Å². The number of sulfonamides is 1. The van der Waals surface area contributed by atoms with Crippen molar-refractivity contribution in [2.75, 3.05) is 11.4 Å². The molecule has 0 unspecified atom stereocenters. The summed E-state index contributed by atoms with van der Waals surface area (Å²) < 4.78 is 33.1. The molecule has 3 aromatic carbocycles. The first-order valence-electron chi connectivity index (χ1n) is 10.1. The summed E-state index contributed by atoms with van der Waals surface area (Å²) >= 11 is 6.25. The van der Waals surface area contributed by atoms with Gasteiger partial charge in [0.2, 0.25) is 0 Å². The predicted octanol–water partition coefficient (Wildman–Crippen LogP) is 5.99. The lowest BCUT2D eigenvalue weighted by Crippen LogP contribution is -2.37. The van der Waals surface area contributed by atoms with E-state index in [4.69, 9.17) is 16.3 Å². The molecule has 1 amide bonds. The highest BCUT2D eigenvalue weighted by Gasteiger charge is 2.32. The number of methoxy groups -OCH3 is 1. The number of carbonyl (C=O) groups is 1. The van der Waals surface area contributed by atoms with E-state index in [0.29, 0.717) is 5.75 Å². The quantitative estimate of drug-likeness (QED) is 0.458. The van der Waals surface area contributed by atoms with Gasteiger partial charge in [0, 0.05) is 5.56 Å². The zero-order valence-corrected chi connectivity index (χ0v) is 20.3. The SMILES string of the molecule is COc1ccc(N(C(=O)c2ccc(C(C)(C)C)cc2)S(=O)(=O)c2ccc(C)cc2)cc1Cl. The number of hydrogen-bond acceptors (Lipinski definition) is 4. The average Bonchev–Trinajstić information content (AvgIpc) is 2.73. The lowest BCUT2D eigenvalue weighted by atomic mass is 9.87. The number of amides is 1. The van der Waals surface area contributed by atoms with Gasteiger partial charge in [0.15, 0.2) is 0 Å². The molecular formula is C25H26ClNO4S. The van der Waals surface area contributed by atoms with Gasteiger partial charge in [0.1, 0.15) is 5.75 Å². The van der Waals surface area contributed by atoms with Crippen LogP contribution in [0.15, 0.2) is 71.6 Å². The monoisotopic (exact) mass is 471 g/mol. The molecule has 0 aromatic heterocycles. The van der Waals surface area contributed by atoms with Crippen molar-refractivity contribution in [3.05, 3.63) is 88.4 Å². The summed E-state index contributed by atoms with van der Waals surface area (Å²) in [6.07, 6.45) is 0. The third-order valence-electron chi connectivity index (χ3n) is 5.11. The van der Waals surface area contributed by atoms with Crippen LogP contribution in [0.5, 0.6) is 5.75 Å². The summed E-state index contributed by atoms with van der Waals surface area (Å²) in [6.45, 7) is 8.06. The summed E-state index contributed by atoms with van der Waals surface area (Å²) in [7, 11) is -2.75. The number of nitrogens with zero attached hydrogens (tertiary/aromatic N) is 1. The molecule has 5 nitrogen and oxygen atoms in total. The summed E-state index contributed by atoms with van der Waals surface area (Å²) in [4.78, 5) is 13.5. The first kappa shape index (κ1) is 23.8. The van der Waals surface area contributed by atoms with Gasteiger partial charge in [0.05, 0.1) is 22.7 Å². The molecule has 0 radical (unpaired) electrons. The van der Waals surface area contributed by atoms with Crippen molar-refractivity contribution in [3.8, 4) is 5.75 Å². The number of aryl methyl sites for hydroxylation is 1. The van der Waals surface area contributed by atoms with E-state index in [2.05, 4.69) is 20.8 Å². The van der Waals surface area contributed by atoms with Gasteiger partial charge in [-0.3, -0.25) is 4.79 Å². The van der Waals surface area contributed by atoms with Gasteiger partial charge >= 0.3 is 0 Å². The van der Waals surface area contributed by atoms with E-state index in [-0.39, 0.29) is 26.6 Å². The van der Waals surface area contributed by atoms with Crippen molar-refractivity contribution in [3.63, 3.8) is 0 Å². The fourth-order valence-corrected chi connectivity index (χ4v) is 4.85. The standard InChI is InChI=1S/C25H26ClNO4S/c1-17-6-13-21(14-7-17)32(29,30)27(20-12-15-23(31-5)22(26)16-20)24(28)18-8-10-19(11-9-18)25(2,3)4/h6-16H,1-5H3. The molecule has 0 heterocycles. The highest BCUT2D eigenvalue weighted by molar-refractivity contribution is 7.93. The van der Waals surface area contributed by atoms with Gasteiger partial charge in [-0.1, -0.05) is 62.2 Å². The second kappa shape index (κ2) is 8.96. The second-order valence-corrected chi connectivity index (χ2v) is 10.7. The molecule has 0 bridgehead atoms. The highest BCUT2D eigenvalue weighted by atomic mass is 35.5. The van der Waals surface area contributed by atoms with Crippen molar-refractivity contribution < 1.29 is 17.9 Å². The molecule has 168 valence electrons. The fourth-order valence-electron chi connectivity index (χ4n) is 3.19. The third kappa shape index (κ3) is 4.81. The molecule has 0 aliphatic rings. The maximum atomic E-state index is 13.6. The van der Waals surface area contributed by atoms with Gasteiger partial charge in [-0.05, 0) is 60.4 Å². The summed E-state index contributed by atoms with van der Waals surface area (Å²) in [5.41, 5.74) is 2.22. The zero-order valence-electron chi connectivity index (χ0n) is 18.7. The molecule has 0 spiro atoms. The number of hydrogen-bond donors (Lipinski definition) is 0. The van der Waals surface area contributed by atoms with Crippen LogP contribution in [0.2, 0.25) is 5.02 Å². The van der Waals surface area contributed by atoms with Gasteiger partial charge in [-0.2, -0.15) is 4.31 Å². The van der Waals surface area contributed by atoms with E-state index in [1.807, 2.05) is 19.1 Å². The van der Waals surface area contributed by atoms with E-state index in [1.54, 1.807) is 24.3 Å². The minimum atomic E-state index is -4.21. The Morgan fingerprint density at radius 1 is 0.938 bits per heavy atom. The molecule has 0 fully saturated rings. The van der Waals surface area contributed by atoms with E-state index in [1.165, 1.54) is 37.4 Å². The highest BCUT2D eigenvalue weighted by Crippen LogP contribution is 2.33. The number of rotatable bonds is 5. The third-order valence-corrected chi connectivity index (χ3v) is 7.13. The van der Waals surface area contributed by atoms with Crippen molar-refractivity contribution in [1.82, 2.24) is 0 Å². The number of benzene rings is 3. The van der Waals surface area contributed by atoms with Crippen LogP contribution >= 0.6 is 11.6 Å². The Balaban J connectivity index is 2.15. The Bertz CT molecular complexity index is 1230. The van der Waals surface area contributed by atoms with Crippen LogP contribution in [0.25, 0.3) is 0 Å². The zero-order chi connectivity index (χ0) is 23.7. The molecule has 0 N–H and O–H groups in total. The number of halogens is 1. The van der Waals surface area contributed by atoms with Crippen molar-refractivity contribution in [1.29, 1.82) is 0 Å². The van der Waals surface area contributed by atoms with Crippen LogP contribution in [0.3, 0.4) is 0 Å². The maximum absolute atomic E-state index is 13.6. The first-order chi connectivity index (χ1) is 14.9. The Labute approximate surface area is 194 Å². The van der Waals surface area contributed by atoms with E-state index < -0.39 is 15.9 Å². The van der Waals surface area contributed by atoms with E-state index >= 15 is 0 Å². The largest absolute Gasteiger partial charge is 0.495 e. The minimum Gasteiger partial charge on any atom is -0.495 e. The van der Waals surface area contributed by atoms with Gasteiger partial charge in [-0.25, -0.2) is 8.42 Å². The second-order valence-electron chi connectivity index (χ2n) is 8.53. The molecule has 3 rings (SSSR count). The maximum Gasteiger partial charge on any atom is 0.272 e. The normalized spacial score (nSPS) is 11.8. The Kier molecular flexibility index (Phi) is 6.67. The Hall–Kier alpha value is -2.83.